The highest BCUT2D eigenvalue weighted by Crippen LogP contribution is 2.27. The molecule has 0 aliphatic carbocycles. The summed E-state index contributed by atoms with van der Waals surface area (Å²) in [5.74, 6) is 1.26. The third kappa shape index (κ3) is 7.21. The Labute approximate surface area is 207 Å². The SMILES string of the molecule is COc1ccc(CCNS(=O)(=O)c2ccc(OCC(=O)Nc3ccc(Br)cc3)cc2)cc1OC. The van der Waals surface area contributed by atoms with Crippen LogP contribution in [0.25, 0.3) is 0 Å². The number of carbonyl (C=O) groups excluding carboxylic acids is 1. The van der Waals surface area contributed by atoms with Gasteiger partial charge in [-0.25, -0.2) is 13.1 Å². The number of carbonyl (C=O) groups is 1. The van der Waals surface area contributed by atoms with E-state index in [9.17, 15) is 13.2 Å². The quantitative estimate of drug-likeness (QED) is 0.375. The van der Waals surface area contributed by atoms with Crippen LogP contribution in [0.3, 0.4) is 0 Å². The van der Waals surface area contributed by atoms with Crippen molar-refractivity contribution in [3.05, 3.63) is 76.8 Å². The average molecular weight is 549 g/mol. The zero-order valence-electron chi connectivity index (χ0n) is 18.7. The van der Waals surface area contributed by atoms with Gasteiger partial charge in [-0.3, -0.25) is 4.79 Å². The Morgan fingerprint density at radius 1 is 0.912 bits per heavy atom. The first-order valence-corrected chi connectivity index (χ1v) is 12.6. The van der Waals surface area contributed by atoms with Gasteiger partial charge in [0, 0.05) is 16.7 Å². The molecule has 0 bridgehead atoms. The molecular weight excluding hydrogens is 524 g/mol. The number of halogens is 1. The van der Waals surface area contributed by atoms with Gasteiger partial charge in [-0.05, 0) is 72.6 Å². The first kappa shape index (κ1) is 25.5. The molecule has 0 fully saturated rings. The lowest BCUT2D eigenvalue weighted by atomic mass is 10.1. The van der Waals surface area contributed by atoms with Crippen molar-refractivity contribution in [3.8, 4) is 17.2 Å². The highest BCUT2D eigenvalue weighted by Gasteiger charge is 2.14. The minimum atomic E-state index is -3.70. The van der Waals surface area contributed by atoms with Crippen molar-refractivity contribution in [1.29, 1.82) is 0 Å². The van der Waals surface area contributed by atoms with Crippen LogP contribution in [0.5, 0.6) is 17.2 Å². The van der Waals surface area contributed by atoms with Gasteiger partial charge < -0.3 is 19.5 Å². The van der Waals surface area contributed by atoms with Gasteiger partial charge in [0.2, 0.25) is 10.0 Å². The van der Waals surface area contributed by atoms with Crippen LogP contribution in [0.4, 0.5) is 5.69 Å². The Hall–Kier alpha value is -3.08. The Balaban J connectivity index is 1.50. The van der Waals surface area contributed by atoms with E-state index >= 15 is 0 Å². The molecule has 3 aromatic rings. The van der Waals surface area contributed by atoms with Crippen molar-refractivity contribution >= 4 is 37.5 Å². The topological polar surface area (TPSA) is 103 Å². The van der Waals surface area contributed by atoms with Crippen LogP contribution in [0, 0.1) is 0 Å². The number of hydrogen-bond acceptors (Lipinski definition) is 6. The van der Waals surface area contributed by atoms with Crippen LogP contribution in [0.15, 0.2) is 76.1 Å². The predicted molar refractivity (Wildman–Crippen MR) is 133 cm³/mol. The van der Waals surface area contributed by atoms with Gasteiger partial charge in [-0.1, -0.05) is 22.0 Å². The maximum atomic E-state index is 12.6. The standard InChI is InChI=1S/C24H25BrN2O6S/c1-31-22-12-3-17(15-23(22)32-2)13-14-26-34(29,30)21-10-8-20(9-11-21)33-16-24(28)27-19-6-4-18(25)5-7-19/h3-12,15,26H,13-14,16H2,1-2H3,(H,27,28). The first-order valence-electron chi connectivity index (χ1n) is 10.3. The summed E-state index contributed by atoms with van der Waals surface area (Å²) in [5.41, 5.74) is 1.56. The molecule has 0 aliphatic heterocycles. The summed E-state index contributed by atoms with van der Waals surface area (Å²) < 4.78 is 44.6. The van der Waals surface area contributed by atoms with Crippen LogP contribution in [0.2, 0.25) is 0 Å². The van der Waals surface area contributed by atoms with Crippen LogP contribution in [-0.4, -0.2) is 41.7 Å². The molecule has 2 N–H and O–H groups in total. The normalized spacial score (nSPS) is 11.0. The number of methoxy groups -OCH3 is 2. The van der Waals surface area contributed by atoms with Gasteiger partial charge in [-0.2, -0.15) is 0 Å². The Bertz CT molecular complexity index is 1220. The van der Waals surface area contributed by atoms with Crippen molar-refractivity contribution in [3.63, 3.8) is 0 Å². The molecule has 3 rings (SSSR count). The molecule has 0 radical (unpaired) electrons. The number of anilines is 1. The summed E-state index contributed by atoms with van der Waals surface area (Å²) in [6.07, 6.45) is 0.480. The predicted octanol–water partition coefficient (Wildman–Crippen LogP) is 4.00. The Kier molecular flexibility index (Phi) is 8.91. The van der Waals surface area contributed by atoms with Crippen molar-refractivity contribution in [1.82, 2.24) is 4.72 Å². The molecule has 3 aromatic carbocycles. The number of hydrogen-bond donors (Lipinski definition) is 2. The number of rotatable bonds is 11. The summed E-state index contributed by atoms with van der Waals surface area (Å²) in [6.45, 7) is 0.0119. The molecule has 0 atom stereocenters. The molecule has 0 saturated carbocycles. The van der Waals surface area contributed by atoms with E-state index < -0.39 is 10.0 Å². The molecular formula is C24H25BrN2O6S. The highest BCUT2D eigenvalue weighted by molar-refractivity contribution is 9.10. The van der Waals surface area contributed by atoms with Crippen molar-refractivity contribution in [2.75, 3.05) is 32.7 Å². The van der Waals surface area contributed by atoms with Crippen LogP contribution in [-0.2, 0) is 21.2 Å². The Morgan fingerprint density at radius 2 is 1.59 bits per heavy atom. The van der Waals surface area contributed by atoms with Crippen molar-refractivity contribution in [2.45, 2.75) is 11.3 Å². The monoisotopic (exact) mass is 548 g/mol. The molecule has 8 nitrogen and oxygen atoms in total. The van der Waals surface area contributed by atoms with Gasteiger partial charge in [-0.15, -0.1) is 0 Å². The van der Waals surface area contributed by atoms with E-state index in [0.29, 0.717) is 29.4 Å². The van der Waals surface area contributed by atoms with Crippen LogP contribution < -0.4 is 24.2 Å². The maximum Gasteiger partial charge on any atom is 0.262 e. The molecule has 180 valence electrons. The third-order valence-electron chi connectivity index (χ3n) is 4.79. The van der Waals surface area contributed by atoms with Crippen molar-refractivity contribution < 1.29 is 27.4 Å². The van der Waals surface area contributed by atoms with Gasteiger partial charge in [0.25, 0.3) is 5.91 Å². The molecule has 0 aliphatic rings. The average Bonchev–Trinajstić information content (AvgIpc) is 2.84. The van der Waals surface area contributed by atoms with Crippen LogP contribution in [0.1, 0.15) is 5.56 Å². The van der Waals surface area contributed by atoms with Gasteiger partial charge in [0.15, 0.2) is 18.1 Å². The smallest absolute Gasteiger partial charge is 0.262 e. The van der Waals surface area contributed by atoms with Gasteiger partial charge >= 0.3 is 0 Å². The lowest BCUT2D eigenvalue weighted by molar-refractivity contribution is -0.118. The molecule has 0 spiro atoms. The largest absolute Gasteiger partial charge is 0.493 e. The van der Waals surface area contributed by atoms with E-state index in [1.54, 1.807) is 32.4 Å². The summed E-state index contributed by atoms with van der Waals surface area (Å²) in [6, 6.07) is 18.5. The number of nitrogens with one attached hydrogen (secondary N) is 2. The number of amides is 1. The van der Waals surface area contributed by atoms with E-state index in [1.807, 2.05) is 24.3 Å². The molecule has 0 saturated heterocycles. The van der Waals surface area contributed by atoms with E-state index in [1.165, 1.54) is 24.3 Å². The molecule has 0 heterocycles. The molecule has 0 aromatic heterocycles. The van der Waals surface area contributed by atoms with Crippen molar-refractivity contribution in [2.24, 2.45) is 0 Å². The molecule has 34 heavy (non-hydrogen) atoms. The second-order valence-corrected chi connectivity index (χ2v) is 9.83. The highest BCUT2D eigenvalue weighted by atomic mass is 79.9. The minimum Gasteiger partial charge on any atom is -0.493 e. The molecule has 10 heteroatoms. The fourth-order valence-electron chi connectivity index (χ4n) is 3.04. The maximum absolute atomic E-state index is 12.6. The summed E-state index contributed by atoms with van der Waals surface area (Å²) >= 11 is 3.33. The third-order valence-corrected chi connectivity index (χ3v) is 6.79. The first-order chi connectivity index (χ1) is 16.3. The van der Waals surface area contributed by atoms with Crippen LogP contribution >= 0.6 is 15.9 Å². The fraction of sp³-hybridized carbons (Fsp3) is 0.208. The number of benzene rings is 3. The van der Waals surface area contributed by atoms with E-state index in [0.717, 1.165) is 10.0 Å². The second kappa shape index (κ2) is 11.9. The lowest BCUT2D eigenvalue weighted by Crippen LogP contribution is -2.26. The van der Waals surface area contributed by atoms with E-state index in [-0.39, 0.29) is 24.0 Å². The summed E-state index contributed by atoms with van der Waals surface area (Å²) in [4.78, 5) is 12.1. The summed E-state index contributed by atoms with van der Waals surface area (Å²) in [5, 5.41) is 2.72. The molecule has 1 amide bonds. The fourth-order valence-corrected chi connectivity index (χ4v) is 4.34. The zero-order chi connectivity index (χ0) is 24.6. The number of sulfonamides is 1. The van der Waals surface area contributed by atoms with E-state index in [2.05, 4.69) is 26.0 Å². The van der Waals surface area contributed by atoms with Gasteiger partial charge in [0.05, 0.1) is 19.1 Å². The molecule has 0 unspecified atom stereocenters. The summed E-state index contributed by atoms with van der Waals surface area (Å²) in [7, 11) is -0.591. The second-order valence-electron chi connectivity index (χ2n) is 7.15. The number of ether oxygens (including phenoxy) is 3. The zero-order valence-corrected chi connectivity index (χ0v) is 21.1. The Morgan fingerprint density at radius 3 is 2.24 bits per heavy atom. The van der Waals surface area contributed by atoms with Gasteiger partial charge in [0.1, 0.15) is 5.75 Å². The minimum absolute atomic E-state index is 0.103. The lowest BCUT2D eigenvalue weighted by Gasteiger charge is -2.11. The van der Waals surface area contributed by atoms with E-state index in [4.69, 9.17) is 14.2 Å².